The second-order valence-corrected chi connectivity index (χ2v) is 6.12. The van der Waals surface area contributed by atoms with E-state index in [1.165, 1.54) is 29.8 Å². The summed E-state index contributed by atoms with van der Waals surface area (Å²) < 4.78 is 22.2. The van der Waals surface area contributed by atoms with Crippen LogP contribution in [0.25, 0.3) is 5.69 Å². The van der Waals surface area contributed by atoms with Crippen LogP contribution in [0.3, 0.4) is 0 Å². The molecule has 0 aliphatic carbocycles. The maximum Gasteiger partial charge on any atom is 0.295 e. The fourth-order valence-electron chi connectivity index (χ4n) is 2.72. The third-order valence-corrected chi connectivity index (χ3v) is 4.31. The standard InChI is InChI=1S/C20H20FN3O3/c1-13-18(20(26)24(23(13)3)15-9-5-4-6-10-15)22-19(25)14(2)27-17-12-8-7-11-16(17)21/h4-12,14H,1-3H3,(H,22,25)/t14-/m0/s1. The molecular weight excluding hydrogens is 349 g/mol. The molecule has 2 aromatic carbocycles. The number of halogens is 1. The quantitative estimate of drug-likeness (QED) is 0.752. The van der Waals surface area contributed by atoms with E-state index in [9.17, 15) is 14.0 Å². The van der Waals surface area contributed by atoms with E-state index in [1.54, 1.807) is 36.9 Å². The summed E-state index contributed by atoms with van der Waals surface area (Å²) in [5.41, 5.74) is 1.09. The number of para-hydroxylation sites is 2. The molecule has 140 valence electrons. The van der Waals surface area contributed by atoms with E-state index in [4.69, 9.17) is 4.74 Å². The minimum atomic E-state index is -0.980. The Morgan fingerprint density at radius 2 is 1.74 bits per heavy atom. The van der Waals surface area contributed by atoms with Gasteiger partial charge >= 0.3 is 0 Å². The number of carbonyl (C=O) groups excluding carboxylic acids is 1. The van der Waals surface area contributed by atoms with Gasteiger partial charge in [0.05, 0.1) is 11.4 Å². The van der Waals surface area contributed by atoms with Crippen molar-refractivity contribution in [2.24, 2.45) is 7.05 Å². The molecule has 0 saturated heterocycles. The zero-order valence-corrected chi connectivity index (χ0v) is 15.3. The molecule has 6 nitrogen and oxygen atoms in total. The number of benzene rings is 2. The molecule has 1 aromatic heterocycles. The van der Waals surface area contributed by atoms with Crippen molar-refractivity contribution in [3.63, 3.8) is 0 Å². The van der Waals surface area contributed by atoms with Crippen molar-refractivity contribution in [3.8, 4) is 11.4 Å². The molecule has 7 heteroatoms. The maximum atomic E-state index is 13.7. The second kappa shape index (κ2) is 7.49. The van der Waals surface area contributed by atoms with E-state index in [0.717, 1.165) is 0 Å². The summed E-state index contributed by atoms with van der Waals surface area (Å²) in [5.74, 6) is -1.12. The van der Waals surface area contributed by atoms with Gasteiger partial charge in [0.1, 0.15) is 5.69 Å². The smallest absolute Gasteiger partial charge is 0.295 e. The first kappa shape index (κ1) is 18.4. The molecular formula is C20H20FN3O3. The van der Waals surface area contributed by atoms with Gasteiger partial charge in [-0.3, -0.25) is 14.3 Å². The highest BCUT2D eigenvalue weighted by Crippen LogP contribution is 2.18. The van der Waals surface area contributed by atoms with Gasteiger partial charge in [0.15, 0.2) is 17.7 Å². The average molecular weight is 369 g/mol. The van der Waals surface area contributed by atoms with Crippen molar-refractivity contribution in [1.29, 1.82) is 0 Å². The molecule has 0 fully saturated rings. The van der Waals surface area contributed by atoms with Gasteiger partial charge in [-0.25, -0.2) is 9.07 Å². The number of hydrogen-bond acceptors (Lipinski definition) is 3. The highest BCUT2D eigenvalue weighted by atomic mass is 19.1. The Morgan fingerprint density at radius 3 is 2.41 bits per heavy atom. The summed E-state index contributed by atoms with van der Waals surface area (Å²) in [6.07, 6.45) is -0.980. The van der Waals surface area contributed by atoms with E-state index >= 15 is 0 Å². The van der Waals surface area contributed by atoms with Gasteiger partial charge in [0, 0.05) is 7.05 Å². The van der Waals surface area contributed by atoms with Gasteiger partial charge in [-0.15, -0.1) is 0 Å². The molecule has 0 aliphatic rings. The zero-order chi connectivity index (χ0) is 19.6. The molecule has 27 heavy (non-hydrogen) atoms. The van der Waals surface area contributed by atoms with E-state index in [2.05, 4.69) is 5.32 Å². The third kappa shape index (κ3) is 3.62. The Hall–Kier alpha value is -3.35. The molecule has 0 aliphatic heterocycles. The number of amides is 1. The van der Waals surface area contributed by atoms with E-state index in [-0.39, 0.29) is 17.0 Å². The molecule has 0 spiro atoms. The molecule has 1 atom stereocenters. The summed E-state index contributed by atoms with van der Waals surface area (Å²) in [6.45, 7) is 3.23. The van der Waals surface area contributed by atoms with Crippen LogP contribution in [0.1, 0.15) is 12.6 Å². The van der Waals surface area contributed by atoms with Crippen LogP contribution in [0, 0.1) is 12.7 Å². The number of hydrogen-bond donors (Lipinski definition) is 1. The Morgan fingerprint density at radius 1 is 1.11 bits per heavy atom. The van der Waals surface area contributed by atoms with Crippen LogP contribution in [0.15, 0.2) is 59.4 Å². The Balaban J connectivity index is 1.84. The number of nitrogens with zero attached hydrogens (tertiary/aromatic N) is 2. The molecule has 3 aromatic rings. The van der Waals surface area contributed by atoms with Crippen molar-refractivity contribution in [2.45, 2.75) is 20.0 Å². The fraction of sp³-hybridized carbons (Fsp3) is 0.200. The third-order valence-electron chi connectivity index (χ3n) is 4.31. The fourth-order valence-corrected chi connectivity index (χ4v) is 2.72. The molecule has 0 saturated carbocycles. The van der Waals surface area contributed by atoms with E-state index in [1.807, 2.05) is 18.2 Å². The topological polar surface area (TPSA) is 65.3 Å². The van der Waals surface area contributed by atoms with Crippen LogP contribution in [-0.4, -0.2) is 21.4 Å². The Bertz CT molecular complexity index is 1020. The van der Waals surface area contributed by atoms with Gasteiger partial charge in [-0.1, -0.05) is 30.3 Å². The lowest BCUT2D eigenvalue weighted by Gasteiger charge is -2.14. The number of anilines is 1. The number of nitrogens with one attached hydrogen (secondary N) is 1. The second-order valence-electron chi connectivity index (χ2n) is 6.12. The lowest BCUT2D eigenvalue weighted by Crippen LogP contribution is -2.32. The van der Waals surface area contributed by atoms with Gasteiger partial charge in [0.25, 0.3) is 11.5 Å². The summed E-state index contributed by atoms with van der Waals surface area (Å²) >= 11 is 0. The minimum Gasteiger partial charge on any atom is -0.478 e. The highest BCUT2D eigenvalue weighted by Gasteiger charge is 2.22. The maximum absolute atomic E-state index is 13.7. The predicted molar refractivity (Wildman–Crippen MR) is 101 cm³/mol. The van der Waals surface area contributed by atoms with Crippen molar-refractivity contribution in [3.05, 3.63) is 76.5 Å². The van der Waals surface area contributed by atoms with Gasteiger partial charge in [-0.05, 0) is 38.1 Å². The van der Waals surface area contributed by atoms with Crippen molar-refractivity contribution in [1.82, 2.24) is 9.36 Å². The lowest BCUT2D eigenvalue weighted by molar-refractivity contribution is -0.122. The first-order valence-corrected chi connectivity index (χ1v) is 8.46. The van der Waals surface area contributed by atoms with Crippen LogP contribution in [-0.2, 0) is 11.8 Å². The SMILES string of the molecule is Cc1c(NC(=O)[C@H](C)Oc2ccccc2F)c(=O)n(-c2ccccc2)n1C. The highest BCUT2D eigenvalue weighted by molar-refractivity contribution is 5.94. The van der Waals surface area contributed by atoms with E-state index < -0.39 is 17.8 Å². The predicted octanol–water partition coefficient (Wildman–Crippen LogP) is 3.03. The van der Waals surface area contributed by atoms with Crippen molar-refractivity contribution in [2.75, 3.05) is 5.32 Å². The van der Waals surface area contributed by atoms with Crippen LogP contribution in [0.4, 0.5) is 10.1 Å². The summed E-state index contributed by atoms with van der Waals surface area (Å²) in [4.78, 5) is 25.3. The monoisotopic (exact) mass is 369 g/mol. The van der Waals surface area contributed by atoms with Crippen LogP contribution >= 0.6 is 0 Å². The van der Waals surface area contributed by atoms with Crippen LogP contribution < -0.4 is 15.6 Å². The lowest BCUT2D eigenvalue weighted by atomic mass is 10.3. The molecule has 0 bridgehead atoms. The summed E-state index contributed by atoms with van der Waals surface area (Å²) in [7, 11) is 1.73. The molecule has 3 rings (SSSR count). The summed E-state index contributed by atoms with van der Waals surface area (Å²) in [6, 6.07) is 14.9. The average Bonchev–Trinajstić information content (AvgIpc) is 2.87. The van der Waals surface area contributed by atoms with E-state index in [0.29, 0.717) is 11.4 Å². The van der Waals surface area contributed by atoms with Crippen LogP contribution in [0.2, 0.25) is 0 Å². The largest absolute Gasteiger partial charge is 0.478 e. The minimum absolute atomic E-state index is 0.0216. The Labute approximate surface area is 155 Å². The first-order valence-electron chi connectivity index (χ1n) is 8.46. The number of aromatic nitrogens is 2. The molecule has 0 radical (unpaired) electrons. The summed E-state index contributed by atoms with van der Waals surface area (Å²) in [5, 5.41) is 2.61. The van der Waals surface area contributed by atoms with Gasteiger partial charge < -0.3 is 10.1 Å². The van der Waals surface area contributed by atoms with Crippen LogP contribution in [0.5, 0.6) is 5.75 Å². The number of rotatable bonds is 5. The normalized spacial score (nSPS) is 11.9. The number of carbonyl (C=O) groups is 1. The number of ether oxygens (including phenoxy) is 1. The first-order chi connectivity index (χ1) is 12.9. The molecule has 1 heterocycles. The Kier molecular flexibility index (Phi) is 5.12. The van der Waals surface area contributed by atoms with Crippen molar-refractivity contribution < 1.29 is 13.9 Å². The van der Waals surface area contributed by atoms with Gasteiger partial charge in [0.2, 0.25) is 0 Å². The van der Waals surface area contributed by atoms with Gasteiger partial charge in [-0.2, -0.15) is 0 Å². The molecule has 0 unspecified atom stereocenters. The van der Waals surface area contributed by atoms with Crippen molar-refractivity contribution >= 4 is 11.6 Å². The zero-order valence-electron chi connectivity index (χ0n) is 15.3. The molecule has 1 amide bonds. The molecule has 1 N–H and O–H groups in total.